The van der Waals surface area contributed by atoms with Crippen LogP contribution in [-0.4, -0.2) is 17.8 Å². The van der Waals surface area contributed by atoms with Gasteiger partial charge in [-0.15, -0.1) is 0 Å². The third-order valence-electron chi connectivity index (χ3n) is 3.33. The Kier molecular flexibility index (Phi) is 15.4. The summed E-state index contributed by atoms with van der Waals surface area (Å²) in [7, 11) is -3.37. The topological polar surface area (TPSA) is 145 Å². The summed E-state index contributed by atoms with van der Waals surface area (Å²) in [6, 6.07) is -0.845. The normalized spacial score (nSPS) is 21.0. The Labute approximate surface area is 162 Å². The van der Waals surface area contributed by atoms with E-state index in [0.717, 1.165) is 12.8 Å². The number of nitrogens with zero attached hydrogens (tertiary/aromatic N) is 1. The van der Waals surface area contributed by atoms with Gasteiger partial charge in [0.25, 0.3) is 8.25 Å². The van der Waals surface area contributed by atoms with Crippen LogP contribution in [0, 0.1) is 11.3 Å². The van der Waals surface area contributed by atoms with Gasteiger partial charge in [0.2, 0.25) is 5.91 Å². The minimum atomic E-state index is -3.37. The summed E-state index contributed by atoms with van der Waals surface area (Å²) in [5, 5.41) is 14.0. The minimum Gasteiger partial charge on any atom is -0.861 e. The molecule has 1 rings (SSSR count). The molecule has 0 aromatic heterocycles. The SMILES string of the molecule is CCCC(C)C1(CC)C(=O)NC(=O)N=C1[O-].O=[P+]([O-])[O-].[Na+].[Ni+2]. The van der Waals surface area contributed by atoms with E-state index in [0.29, 0.717) is 6.42 Å². The second-order valence-corrected chi connectivity index (χ2v) is 4.86. The van der Waals surface area contributed by atoms with E-state index >= 15 is 0 Å². The molecule has 0 saturated carbocycles. The van der Waals surface area contributed by atoms with Crippen LogP contribution in [0.3, 0.4) is 0 Å². The molecule has 122 valence electrons. The van der Waals surface area contributed by atoms with Crippen LogP contribution in [0.4, 0.5) is 4.79 Å². The van der Waals surface area contributed by atoms with Gasteiger partial charge in [0.05, 0.1) is 5.41 Å². The summed E-state index contributed by atoms with van der Waals surface area (Å²) in [6.45, 7) is 5.62. The molecule has 0 bridgehead atoms. The van der Waals surface area contributed by atoms with Gasteiger partial charge in [-0.2, -0.15) is 0 Å². The molecule has 0 aromatic carbocycles. The molecule has 8 nitrogen and oxygen atoms in total. The number of carbonyl (C=O) groups excluding carboxylic acids is 2. The second kappa shape index (κ2) is 12.5. The van der Waals surface area contributed by atoms with Crippen LogP contribution in [0.2, 0.25) is 0 Å². The maximum atomic E-state index is 11.9. The Morgan fingerprint density at radius 2 is 1.77 bits per heavy atom. The standard InChI is InChI=1S/C11H18N2O3.Na.Ni.HO3P/c1-4-6-7(3)11(5-2)8(14)12-10(16)13-9(11)15;;;1-4(2)3/h7H,4-6H2,1-3H3,(H2,12,13,14,15,16);;;(H,1,2,3)/q;+1;+2;/p-2. The quantitative estimate of drug-likeness (QED) is 0.388. The number of rotatable bonds is 4. The first-order valence-corrected chi connectivity index (χ1v) is 7.24. The fourth-order valence-corrected chi connectivity index (χ4v) is 2.30. The van der Waals surface area contributed by atoms with E-state index in [4.69, 9.17) is 14.4 Å². The van der Waals surface area contributed by atoms with Crippen LogP contribution in [0.5, 0.6) is 0 Å². The van der Waals surface area contributed by atoms with Gasteiger partial charge in [-0.1, -0.05) is 31.8 Å². The molecule has 1 heterocycles. The monoisotopic (exact) mass is 385 g/mol. The molecule has 1 aliphatic rings. The van der Waals surface area contributed by atoms with Crippen molar-refractivity contribution in [2.75, 3.05) is 0 Å². The van der Waals surface area contributed by atoms with Crippen molar-refractivity contribution in [3.05, 3.63) is 0 Å². The summed E-state index contributed by atoms with van der Waals surface area (Å²) in [6.07, 6.45) is 2.02. The van der Waals surface area contributed by atoms with Crippen molar-refractivity contribution in [2.24, 2.45) is 16.3 Å². The van der Waals surface area contributed by atoms with Crippen molar-refractivity contribution in [2.45, 2.75) is 40.0 Å². The molecule has 0 aliphatic carbocycles. The van der Waals surface area contributed by atoms with Crippen molar-refractivity contribution in [3.63, 3.8) is 0 Å². The van der Waals surface area contributed by atoms with E-state index in [9.17, 15) is 14.7 Å². The average molecular weight is 386 g/mol. The molecule has 11 heteroatoms. The third-order valence-corrected chi connectivity index (χ3v) is 3.33. The molecule has 3 amide bonds. The zero-order chi connectivity index (χ0) is 15.9. The zero-order valence-corrected chi connectivity index (χ0v) is 16.7. The minimum absolute atomic E-state index is 0. The van der Waals surface area contributed by atoms with E-state index < -0.39 is 31.5 Å². The van der Waals surface area contributed by atoms with Crippen LogP contribution in [0.1, 0.15) is 40.0 Å². The fraction of sp³-hybridized carbons (Fsp3) is 0.727. The first-order chi connectivity index (χ1) is 9.22. The van der Waals surface area contributed by atoms with E-state index in [-0.39, 0.29) is 52.0 Å². The Morgan fingerprint density at radius 3 is 2.09 bits per heavy atom. The van der Waals surface area contributed by atoms with E-state index in [1.54, 1.807) is 6.92 Å². The van der Waals surface area contributed by atoms with Gasteiger partial charge in [-0.3, -0.25) is 10.1 Å². The van der Waals surface area contributed by atoms with Crippen molar-refractivity contribution in [1.82, 2.24) is 5.32 Å². The summed E-state index contributed by atoms with van der Waals surface area (Å²) in [4.78, 5) is 43.1. The Balaban J connectivity index is -0.000000538. The van der Waals surface area contributed by atoms with Gasteiger partial charge < -0.3 is 14.9 Å². The average Bonchev–Trinajstić information content (AvgIpc) is 2.28. The van der Waals surface area contributed by atoms with Gasteiger partial charge in [-0.25, -0.2) is 9.79 Å². The van der Waals surface area contributed by atoms with Gasteiger partial charge in [-0.05, 0) is 24.7 Å². The van der Waals surface area contributed by atoms with Crippen LogP contribution >= 0.6 is 8.25 Å². The number of carbonyl (C=O) groups is 2. The van der Waals surface area contributed by atoms with Gasteiger partial charge in [0.1, 0.15) is 0 Å². The van der Waals surface area contributed by atoms with E-state index in [1.807, 2.05) is 13.8 Å². The third kappa shape index (κ3) is 7.13. The smallest absolute Gasteiger partial charge is 0.861 e. The Bertz CT molecular complexity index is 433. The number of hydrogen-bond acceptors (Lipinski definition) is 6. The Hall–Kier alpha value is 0.124. The first-order valence-electron chi connectivity index (χ1n) is 6.15. The fourth-order valence-electron chi connectivity index (χ4n) is 2.30. The van der Waals surface area contributed by atoms with Crippen LogP contribution < -0.4 is 49.8 Å². The second-order valence-electron chi connectivity index (χ2n) is 4.41. The largest absolute Gasteiger partial charge is 2.00 e. The summed E-state index contributed by atoms with van der Waals surface area (Å²) < 4.78 is 8.48. The van der Waals surface area contributed by atoms with Gasteiger partial charge in [0, 0.05) is 0 Å². The molecule has 2 atom stereocenters. The number of urea groups is 1. The molecule has 2 unspecified atom stereocenters. The Morgan fingerprint density at radius 1 is 1.32 bits per heavy atom. The number of aliphatic imine (C=N–C) groups is 1. The summed E-state index contributed by atoms with van der Waals surface area (Å²) in [5.41, 5.74) is -1.15. The van der Waals surface area contributed by atoms with Gasteiger partial charge in [0.15, 0.2) is 0 Å². The van der Waals surface area contributed by atoms with Crippen molar-refractivity contribution < 1.29 is 75.1 Å². The molecule has 0 aromatic rings. The van der Waals surface area contributed by atoms with Crippen molar-refractivity contribution in [3.8, 4) is 0 Å². The van der Waals surface area contributed by atoms with Gasteiger partial charge >= 0.3 is 52.1 Å². The number of hydrogen-bond donors (Lipinski definition) is 1. The molecule has 0 fully saturated rings. The number of nitrogens with one attached hydrogen (secondary N) is 1. The zero-order valence-electron chi connectivity index (χ0n) is 12.9. The maximum Gasteiger partial charge on any atom is 2.00 e. The molecule has 0 spiro atoms. The predicted molar refractivity (Wildman–Crippen MR) is 65.4 cm³/mol. The van der Waals surface area contributed by atoms with Crippen molar-refractivity contribution in [1.29, 1.82) is 0 Å². The molecule has 22 heavy (non-hydrogen) atoms. The number of imide groups is 1. The predicted octanol–water partition coefficient (Wildman–Crippen LogP) is -3.81. The van der Waals surface area contributed by atoms with Crippen LogP contribution in [-0.2, 0) is 25.9 Å². The molecule has 1 N–H and O–H groups in total. The summed E-state index contributed by atoms with van der Waals surface area (Å²) in [5.74, 6) is -1.20. The van der Waals surface area contributed by atoms with Crippen molar-refractivity contribution >= 4 is 26.1 Å². The molecular weight excluding hydrogens is 369 g/mol. The first kappa shape index (κ1) is 27.0. The molecule has 0 radical (unpaired) electrons. The van der Waals surface area contributed by atoms with E-state index in [1.165, 1.54) is 0 Å². The van der Waals surface area contributed by atoms with E-state index in [2.05, 4.69) is 10.3 Å². The summed E-state index contributed by atoms with van der Waals surface area (Å²) >= 11 is 0. The number of amides is 3. The molecular formula is C11H17N2NaNiO6P+. The van der Waals surface area contributed by atoms with Crippen LogP contribution in [0.15, 0.2) is 4.99 Å². The van der Waals surface area contributed by atoms with Crippen LogP contribution in [0.25, 0.3) is 0 Å². The maximum absolute atomic E-state index is 11.9. The molecule has 1 aliphatic heterocycles. The molecule has 0 saturated heterocycles.